The Morgan fingerprint density at radius 2 is 2.05 bits per heavy atom. The Bertz CT molecular complexity index is 484. The van der Waals surface area contributed by atoms with E-state index in [-0.39, 0.29) is 11.9 Å². The maximum absolute atomic E-state index is 12.4. The molecule has 20 heavy (non-hydrogen) atoms. The van der Waals surface area contributed by atoms with Gasteiger partial charge >= 0.3 is 0 Å². The van der Waals surface area contributed by atoms with Crippen LogP contribution in [-0.2, 0) is 4.79 Å². The first-order valence-corrected chi connectivity index (χ1v) is 7.57. The largest absolute Gasteiger partial charge is 0.351 e. The summed E-state index contributed by atoms with van der Waals surface area (Å²) in [5, 5.41) is 7.45. The van der Waals surface area contributed by atoms with Crippen molar-refractivity contribution in [3.63, 3.8) is 0 Å². The number of rotatable bonds is 3. The standard InChI is InChI=1S/C15H24N4O/c1-10-8-16-19(9-10)11(2)15(20)17-12-6-13-4-5-14(7-12)18(13)3/h8-9,11-14H,4-7H2,1-3H3,(H,17,20). The van der Waals surface area contributed by atoms with Crippen molar-refractivity contribution in [1.82, 2.24) is 20.0 Å². The Morgan fingerprint density at radius 3 is 2.60 bits per heavy atom. The topological polar surface area (TPSA) is 50.2 Å². The van der Waals surface area contributed by atoms with E-state index in [0.29, 0.717) is 18.1 Å². The summed E-state index contributed by atoms with van der Waals surface area (Å²) < 4.78 is 1.74. The van der Waals surface area contributed by atoms with Gasteiger partial charge in [-0.15, -0.1) is 0 Å². The molecule has 5 nitrogen and oxygen atoms in total. The van der Waals surface area contributed by atoms with E-state index < -0.39 is 0 Å². The van der Waals surface area contributed by atoms with Crippen molar-refractivity contribution in [3.05, 3.63) is 18.0 Å². The SMILES string of the molecule is Cc1cnn(C(C)C(=O)NC2CC3CCC(C2)N3C)c1. The van der Waals surface area contributed by atoms with Crippen molar-refractivity contribution in [2.45, 2.75) is 63.7 Å². The summed E-state index contributed by atoms with van der Waals surface area (Å²) in [6.07, 6.45) is 8.44. The Hall–Kier alpha value is -1.36. The van der Waals surface area contributed by atoms with Gasteiger partial charge in [-0.25, -0.2) is 0 Å². The number of hydrogen-bond acceptors (Lipinski definition) is 3. The van der Waals surface area contributed by atoms with Gasteiger partial charge in [0, 0.05) is 24.3 Å². The average Bonchev–Trinajstić information content (AvgIpc) is 2.91. The number of hydrogen-bond donors (Lipinski definition) is 1. The van der Waals surface area contributed by atoms with Crippen LogP contribution in [0.4, 0.5) is 0 Å². The van der Waals surface area contributed by atoms with Crippen LogP contribution in [0.1, 0.15) is 44.2 Å². The van der Waals surface area contributed by atoms with Gasteiger partial charge in [0.15, 0.2) is 0 Å². The number of piperidine rings is 1. The highest BCUT2D eigenvalue weighted by molar-refractivity contribution is 5.80. The molecule has 3 rings (SSSR count). The molecule has 2 aliphatic rings. The molecule has 0 aromatic carbocycles. The van der Waals surface area contributed by atoms with E-state index in [9.17, 15) is 4.79 Å². The fourth-order valence-corrected chi connectivity index (χ4v) is 3.62. The highest BCUT2D eigenvalue weighted by Crippen LogP contribution is 2.34. The fourth-order valence-electron chi connectivity index (χ4n) is 3.62. The van der Waals surface area contributed by atoms with Crippen LogP contribution in [0.5, 0.6) is 0 Å². The molecule has 1 amide bonds. The first-order chi connectivity index (χ1) is 9.54. The number of nitrogens with zero attached hydrogens (tertiary/aromatic N) is 3. The van der Waals surface area contributed by atoms with E-state index in [1.165, 1.54) is 12.8 Å². The summed E-state index contributed by atoms with van der Waals surface area (Å²) in [4.78, 5) is 14.8. The minimum absolute atomic E-state index is 0.0852. The first-order valence-electron chi connectivity index (χ1n) is 7.57. The number of fused-ring (bicyclic) bond motifs is 2. The predicted molar refractivity (Wildman–Crippen MR) is 77.4 cm³/mol. The zero-order chi connectivity index (χ0) is 14.3. The van der Waals surface area contributed by atoms with Crippen molar-refractivity contribution >= 4 is 5.91 Å². The third kappa shape index (κ3) is 2.46. The molecule has 0 saturated carbocycles. The van der Waals surface area contributed by atoms with Crippen molar-refractivity contribution in [3.8, 4) is 0 Å². The lowest BCUT2D eigenvalue weighted by atomic mass is 9.98. The second-order valence-corrected chi connectivity index (χ2v) is 6.40. The maximum atomic E-state index is 12.4. The molecule has 2 aliphatic heterocycles. The summed E-state index contributed by atoms with van der Waals surface area (Å²) >= 11 is 0. The minimum atomic E-state index is -0.235. The van der Waals surface area contributed by atoms with Crippen LogP contribution in [-0.4, -0.2) is 45.8 Å². The molecule has 1 aromatic rings. The number of aryl methyl sites for hydroxylation is 1. The highest BCUT2D eigenvalue weighted by atomic mass is 16.2. The monoisotopic (exact) mass is 276 g/mol. The lowest BCUT2D eigenvalue weighted by Gasteiger charge is -2.36. The van der Waals surface area contributed by atoms with Crippen LogP contribution in [0.15, 0.2) is 12.4 Å². The van der Waals surface area contributed by atoms with Gasteiger partial charge in [0.1, 0.15) is 6.04 Å². The second kappa shape index (κ2) is 5.20. The van der Waals surface area contributed by atoms with Crippen molar-refractivity contribution < 1.29 is 4.79 Å². The third-order valence-electron chi connectivity index (χ3n) is 4.95. The smallest absolute Gasteiger partial charge is 0.244 e. The molecule has 2 saturated heterocycles. The number of carbonyl (C=O) groups is 1. The molecule has 3 unspecified atom stereocenters. The molecule has 5 heteroatoms. The van der Waals surface area contributed by atoms with E-state index in [2.05, 4.69) is 22.4 Å². The number of amides is 1. The molecule has 1 N–H and O–H groups in total. The lowest BCUT2D eigenvalue weighted by molar-refractivity contribution is -0.125. The van der Waals surface area contributed by atoms with Gasteiger partial charge in [0.25, 0.3) is 0 Å². The first kappa shape index (κ1) is 13.6. The van der Waals surface area contributed by atoms with E-state index >= 15 is 0 Å². The van der Waals surface area contributed by atoms with Crippen LogP contribution in [0.25, 0.3) is 0 Å². The Kier molecular flexibility index (Phi) is 3.54. The summed E-state index contributed by atoms with van der Waals surface area (Å²) in [7, 11) is 2.22. The van der Waals surface area contributed by atoms with Crippen molar-refractivity contribution in [1.29, 1.82) is 0 Å². The molecule has 3 heterocycles. The summed E-state index contributed by atoms with van der Waals surface area (Å²) in [6, 6.07) is 1.40. The number of aromatic nitrogens is 2. The van der Waals surface area contributed by atoms with Crippen LogP contribution < -0.4 is 5.32 Å². The molecule has 1 aromatic heterocycles. The van der Waals surface area contributed by atoms with Gasteiger partial charge in [-0.2, -0.15) is 5.10 Å². The van der Waals surface area contributed by atoms with Crippen LogP contribution in [0, 0.1) is 6.92 Å². The number of carbonyl (C=O) groups excluding carboxylic acids is 1. The van der Waals surface area contributed by atoms with E-state index in [1.807, 2.05) is 20.0 Å². The van der Waals surface area contributed by atoms with Gasteiger partial charge in [-0.05, 0) is 52.1 Å². The molecule has 3 atom stereocenters. The summed E-state index contributed by atoms with van der Waals surface area (Å²) in [5.74, 6) is 0.0852. The van der Waals surface area contributed by atoms with Crippen molar-refractivity contribution in [2.75, 3.05) is 7.05 Å². The molecular weight excluding hydrogens is 252 g/mol. The maximum Gasteiger partial charge on any atom is 0.244 e. The van der Waals surface area contributed by atoms with Gasteiger partial charge in [-0.1, -0.05) is 0 Å². The third-order valence-corrected chi connectivity index (χ3v) is 4.95. The van der Waals surface area contributed by atoms with Gasteiger partial charge in [0.05, 0.1) is 6.20 Å². The Balaban J connectivity index is 1.59. The van der Waals surface area contributed by atoms with Crippen LogP contribution in [0.3, 0.4) is 0 Å². The molecule has 0 spiro atoms. The van der Waals surface area contributed by atoms with Gasteiger partial charge in [-0.3, -0.25) is 9.48 Å². The normalized spacial score (nSPS) is 31.2. The molecular formula is C15H24N4O. The Morgan fingerprint density at radius 1 is 1.40 bits per heavy atom. The van der Waals surface area contributed by atoms with E-state index in [4.69, 9.17) is 0 Å². The molecule has 0 radical (unpaired) electrons. The summed E-state index contributed by atoms with van der Waals surface area (Å²) in [5.41, 5.74) is 1.09. The lowest BCUT2D eigenvalue weighted by Crippen LogP contribution is -2.49. The average molecular weight is 276 g/mol. The summed E-state index contributed by atoms with van der Waals surface area (Å²) in [6.45, 7) is 3.90. The van der Waals surface area contributed by atoms with E-state index in [0.717, 1.165) is 18.4 Å². The second-order valence-electron chi connectivity index (χ2n) is 6.40. The zero-order valence-electron chi connectivity index (χ0n) is 12.5. The Labute approximate surface area is 120 Å². The predicted octanol–water partition coefficient (Wildman–Crippen LogP) is 1.49. The zero-order valence-corrected chi connectivity index (χ0v) is 12.5. The molecule has 110 valence electrons. The van der Waals surface area contributed by atoms with Gasteiger partial charge < -0.3 is 10.2 Å². The quantitative estimate of drug-likeness (QED) is 0.910. The molecule has 0 aliphatic carbocycles. The van der Waals surface area contributed by atoms with Crippen LogP contribution in [0.2, 0.25) is 0 Å². The van der Waals surface area contributed by atoms with Crippen LogP contribution >= 0.6 is 0 Å². The molecule has 2 bridgehead atoms. The fraction of sp³-hybridized carbons (Fsp3) is 0.733. The van der Waals surface area contributed by atoms with Gasteiger partial charge in [0.2, 0.25) is 5.91 Å². The van der Waals surface area contributed by atoms with E-state index in [1.54, 1.807) is 10.9 Å². The number of nitrogens with one attached hydrogen (secondary N) is 1. The molecule has 2 fully saturated rings. The van der Waals surface area contributed by atoms with Crippen molar-refractivity contribution in [2.24, 2.45) is 0 Å². The highest BCUT2D eigenvalue weighted by Gasteiger charge is 2.39. The minimum Gasteiger partial charge on any atom is -0.351 e.